The molecule has 2 aliphatic rings. The molecule has 1 aliphatic carbocycles. The molecule has 3 atom stereocenters. The van der Waals surface area contributed by atoms with Crippen LogP contribution >= 0.6 is 0 Å². The summed E-state index contributed by atoms with van der Waals surface area (Å²) in [5.41, 5.74) is 5.69. The summed E-state index contributed by atoms with van der Waals surface area (Å²) in [4.78, 5) is 0. The molecule has 0 amide bonds. The zero-order chi connectivity index (χ0) is 15.1. The number of rotatable bonds is 2. The molecule has 2 aromatic rings. The van der Waals surface area contributed by atoms with Crippen LogP contribution in [0.1, 0.15) is 47.1 Å². The highest BCUT2D eigenvalue weighted by Gasteiger charge is 2.42. The van der Waals surface area contributed by atoms with Gasteiger partial charge in [0.25, 0.3) is 0 Å². The van der Waals surface area contributed by atoms with Crippen LogP contribution in [0.4, 0.5) is 0 Å². The smallest absolute Gasteiger partial charge is 0.119 e. The molecule has 2 heteroatoms. The summed E-state index contributed by atoms with van der Waals surface area (Å²) >= 11 is 0. The molecule has 114 valence electrons. The molecule has 1 saturated heterocycles. The quantitative estimate of drug-likeness (QED) is 0.896. The molecular formula is C20H23NO. The van der Waals surface area contributed by atoms with E-state index in [1.807, 2.05) is 0 Å². The van der Waals surface area contributed by atoms with E-state index in [2.05, 4.69) is 54.7 Å². The first-order valence-corrected chi connectivity index (χ1v) is 8.25. The summed E-state index contributed by atoms with van der Waals surface area (Å²) in [7, 11) is 1.75. The molecule has 1 N–H and O–H groups in total. The van der Waals surface area contributed by atoms with Gasteiger partial charge in [0, 0.05) is 12.0 Å². The Morgan fingerprint density at radius 2 is 1.86 bits per heavy atom. The second-order valence-corrected chi connectivity index (χ2v) is 6.62. The van der Waals surface area contributed by atoms with Crippen molar-refractivity contribution in [2.75, 3.05) is 13.7 Å². The van der Waals surface area contributed by atoms with Gasteiger partial charge in [-0.05, 0) is 61.1 Å². The molecule has 4 rings (SSSR count). The van der Waals surface area contributed by atoms with Gasteiger partial charge in [-0.25, -0.2) is 0 Å². The number of nitrogens with one attached hydrogen (secondary N) is 1. The van der Waals surface area contributed by atoms with Gasteiger partial charge in [0.1, 0.15) is 5.75 Å². The molecule has 0 aromatic heterocycles. The summed E-state index contributed by atoms with van der Waals surface area (Å²) in [5.74, 6) is 2.12. The van der Waals surface area contributed by atoms with Gasteiger partial charge < -0.3 is 10.1 Å². The molecule has 0 saturated carbocycles. The Labute approximate surface area is 132 Å². The molecule has 22 heavy (non-hydrogen) atoms. The predicted octanol–water partition coefficient (Wildman–Crippen LogP) is 4.19. The Morgan fingerprint density at radius 3 is 2.64 bits per heavy atom. The molecule has 0 unspecified atom stereocenters. The van der Waals surface area contributed by atoms with E-state index in [9.17, 15) is 0 Å². The van der Waals surface area contributed by atoms with E-state index in [1.165, 1.54) is 35.1 Å². The number of hydrogen-bond acceptors (Lipinski definition) is 2. The molecule has 2 nitrogen and oxygen atoms in total. The Morgan fingerprint density at radius 1 is 1.05 bits per heavy atom. The highest BCUT2D eigenvalue weighted by molar-refractivity contribution is 5.49. The van der Waals surface area contributed by atoms with Crippen LogP contribution in [0.5, 0.6) is 5.75 Å². The van der Waals surface area contributed by atoms with Gasteiger partial charge in [0.15, 0.2) is 0 Å². The van der Waals surface area contributed by atoms with Gasteiger partial charge in [-0.1, -0.05) is 35.9 Å². The van der Waals surface area contributed by atoms with Crippen LogP contribution in [0.2, 0.25) is 0 Å². The van der Waals surface area contributed by atoms with Crippen LogP contribution in [0.3, 0.4) is 0 Å². The Kier molecular flexibility index (Phi) is 3.42. The monoisotopic (exact) mass is 293 g/mol. The summed E-state index contributed by atoms with van der Waals surface area (Å²) < 4.78 is 5.48. The number of fused-ring (bicyclic) bond motifs is 3. The largest absolute Gasteiger partial charge is 0.497 e. The van der Waals surface area contributed by atoms with Crippen molar-refractivity contribution < 1.29 is 4.74 Å². The fourth-order valence-electron chi connectivity index (χ4n) is 4.28. The molecule has 1 heterocycles. The lowest BCUT2D eigenvalue weighted by molar-refractivity contribution is 0.287. The van der Waals surface area contributed by atoms with Gasteiger partial charge >= 0.3 is 0 Å². The lowest BCUT2D eigenvalue weighted by atomic mass is 9.80. The summed E-state index contributed by atoms with van der Waals surface area (Å²) in [6.45, 7) is 3.29. The van der Waals surface area contributed by atoms with E-state index in [4.69, 9.17) is 4.74 Å². The minimum atomic E-state index is 0.489. The predicted molar refractivity (Wildman–Crippen MR) is 89.5 cm³/mol. The third kappa shape index (κ3) is 2.14. The first-order valence-electron chi connectivity index (χ1n) is 8.25. The average Bonchev–Trinajstić information content (AvgIpc) is 2.89. The van der Waals surface area contributed by atoms with E-state index in [0.717, 1.165) is 12.3 Å². The number of benzene rings is 2. The number of methoxy groups -OCH3 is 1. The van der Waals surface area contributed by atoms with Crippen molar-refractivity contribution >= 4 is 0 Å². The minimum Gasteiger partial charge on any atom is -0.497 e. The molecular weight excluding hydrogens is 270 g/mol. The highest BCUT2D eigenvalue weighted by Crippen LogP contribution is 2.52. The number of hydrogen-bond donors (Lipinski definition) is 1. The van der Waals surface area contributed by atoms with Crippen molar-refractivity contribution in [3.05, 3.63) is 64.7 Å². The Hall–Kier alpha value is -1.80. The average molecular weight is 293 g/mol. The first-order chi connectivity index (χ1) is 10.8. The number of ether oxygens (including phenoxy) is 1. The molecule has 0 radical (unpaired) electrons. The maximum absolute atomic E-state index is 5.48. The fourth-order valence-corrected chi connectivity index (χ4v) is 4.28. The highest BCUT2D eigenvalue weighted by atomic mass is 16.5. The van der Waals surface area contributed by atoms with Crippen molar-refractivity contribution in [3.63, 3.8) is 0 Å². The van der Waals surface area contributed by atoms with Gasteiger partial charge in [-0.2, -0.15) is 0 Å². The second kappa shape index (κ2) is 5.44. The van der Waals surface area contributed by atoms with E-state index >= 15 is 0 Å². The van der Waals surface area contributed by atoms with Crippen molar-refractivity contribution in [2.24, 2.45) is 5.92 Å². The van der Waals surface area contributed by atoms with Crippen molar-refractivity contribution in [1.82, 2.24) is 5.32 Å². The summed E-state index contributed by atoms with van der Waals surface area (Å²) in [5, 5.41) is 3.75. The van der Waals surface area contributed by atoms with Crippen LogP contribution in [-0.4, -0.2) is 13.7 Å². The van der Waals surface area contributed by atoms with Gasteiger partial charge in [0.05, 0.1) is 7.11 Å². The van der Waals surface area contributed by atoms with Crippen molar-refractivity contribution in [2.45, 2.75) is 31.7 Å². The van der Waals surface area contributed by atoms with E-state index in [-0.39, 0.29) is 0 Å². The Bertz CT molecular complexity index is 677. The van der Waals surface area contributed by atoms with E-state index < -0.39 is 0 Å². The van der Waals surface area contributed by atoms with E-state index in [1.54, 1.807) is 7.11 Å². The van der Waals surface area contributed by atoms with E-state index in [0.29, 0.717) is 17.9 Å². The van der Waals surface area contributed by atoms with Crippen LogP contribution in [-0.2, 0) is 0 Å². The minimum absolute atomic E-state index is 0.489. The third-order valence-corrected chi connectivity index (χ3v) is 5.34. The lowest BCUT2D eigenvalue weighted by Crippen LogP contribution is -2.32. The molecule has 0 spiro atoms. The number of aryl methyl sites for hydroxylation is 1. The van der Waals surface area contributed by atoms with Gasteiger partial charge in [-0.3, -0.25) is 0 Å². The van der Waals surface area contributed by atoms with Crippen LogP contribution in [0.15, 0.2) is 42.5 Å². The summed E-state index contributed by atoms with van der Waals surface area (Å²) in [6, 6.07) is 16.2. The zero-order valence-corrected chi connectivity index (χ0v) is 13.3. The normalized spacial score (nSPS) is 26.4. The van der Waals surface area contributed by atoms with Crippen molar-refractivity contribution in [3.8, 4) is 5.75 Å². The maximum Gasteiger partial charge on any atom is 0.119 e. The molecule has 2 aromatic carbocycles. The second-order valence-electron chi connectivity index (χ2n) is 6.62. The van der Waals surface area contributed by atoms with Crippen LogP contribution in [0.25, 0.3) is 0 Å². The van der Waals surface area contributed by atoms with Crippen LogP contribution < -0.4 is 10.1 Å². The van der Waals surface area contributed by atoms with Crippen molar-refractivity contribution in [1.29, 1.82) is 0 Å². The third-order valence-electron chi connectivity index (χ3n) is 5.34. The molecule has 1 aliphatic heterocycles. The van der Waals surface area contributed by atoms with Crippen LogP contribution in [0, 0.1) is 12.8 Å². The summed E-state index contributed by atoms with van der Waals surface area (Å²) in [6.07, 6.45) is 2.57. The SMILES string of the molecule is COc1ccc2c(c1)[C@@H](c1ccc(C)cc1)[C@@H]1CCCN[C@H]21. The molecule has 1 fully saturated rings. The zero-order valence-electron chi connectivity index (χ0n) is 13.3. The first kappa shape index (κ1) is 13.8. The van der Waals surface area contributed by atoms with Gasteiger partial charge in [0.2, 0.25) is 0 Å². The maximum atomic E-state index is 5.48. The fraction of sp³-hybridized carbons (Fsp3) is 0.400. The standard InChI is InChI=1S/C20H23NO/c1-13-5-7-14(8-6-13)19-17-4-3-11-21-20(17)16-10-9-15(22-2)12-18(16)19/h5-10,12,17,19-21H,3-4,11H2,1-2H3/t17-,19-,20+/m0/s1. The van der Waals surface area contributed by atoms with Gasteiger partial charge in [-0.15, -0.1) is 0 Å². The Balaban J connectivity index is 1.84. The topological polar surface area (TPSA) is 21.3 Å². The molecule has 0 bridgehead atoms. The number of piperidine rings is 1. The lowest BCUT2D eigenvalue weighted by Gasteiger charge is -2.31.